The quantitative estimate of drug-likeness (QED) is 0.786. The van der Waals surface area contributed by atoms with Gasteiger partial charge in [-0.2, -0.15) is 0 Å². The van der Waals surface area contributed by atoms with Crippen molar-refractivity contribution in [2.24, 2.45) is 0 Å². The lowest BCUT2D eigenvalue weighted by atomic mass is 9.80. The van der Waals surface area contributed by atoms with Crippen molar-refractivity contribution in [1.29, 1.82) is 0 Å². The van der Waals surface area contributed by atoms with Crippen LogP contribution in [0.25, 0.3) is 0 Å². The van der Waals surface area contributed by atoms with Gasteiger partial charge in [-0.05, 0) is 48.6 Å². The average molecular weight is 272 g/mol. The fourth-order valence-corrected chi connectivity index (χ4v) is 2.98. The lowest BCUT2D eigenvalue weighted by Crippen LogP contribution is -2.21. The Balaban J connectivity index is 2.00. The number of rotatable bonds is 1. The summed E-state index contributed by atoms with van der Waals surface area (Å²) in [5.41, 5.74) is 3.89. The number of pyridine rings is 1. The van der Waals surface area contributed by atoms with E-state index in [1.165, 1.54) is 0 Å². The molecule has 2 nitrogen and oxygen atoms in total. The van der Waals surface area contributed by atoms with E-state index in [0.717, 1.165) is 28.8 Å². The largest absolute Gasteiger partial charge is 0.294 e. The van der Waals surface area contributed by atoms with Crippen LogP contribution >= 0.6 is 11.6 Å². The molecule has 2 aromatic rings. The van der Waals surface area contributed by atoms with Crippen LogP contribution in [0.1, 0.15) is 39.5 Å². The molecule has 0 radical (unpaired) electrons. The summed E-state index contributed by atoms with van der Waals surface area (Å²) in [5, 5.41) is 0.716. The maximum atomic E-state index is 12.3. The minimum absolute atomic E-state index is 0.188. The molecule has 1 unspecified atom stereocenters. The third-order valence-corrected chi connectivity index (χ3v) is 3.94. The first-order chi connectivity index (χ1) is 9.15. The first-order valence-corrected chi connectivity index (χ1v) is 6.76. The lowest BCUT2D eigenvalue weighted by molar-refractivity contribution is 0.0962. The highest BCUT2D eigenvalue weighted by atomic mass is 35.5. The number of halogens is 1. The van der Waals surface area contributed by atoms with Gasteiger partial charge in [0.2, 0.25) is 0 Å². The molecule has 1 aromatic carbocycles. The Bertz CT molecular complexity index is 651. The maximum absolute atomic E-state index is 12.3. The number of ketones is 1. The van der Waals surface area contributed by atoms with Gasteiger partial charge in [0.15, 0.2) is 5.78 Å². The Hall–Kier alpha value is -1.67. The monoisotopic (exact) mass is 271 g/mol. The zero-order valence-electron chi connectivity index (χ0n) is 10.7. The van der Waals surface area contributed by atoms with Crippen molar-refractivity contribution in [2.45, 2.75) is 25.7 Å². The SMILES string of the molecule is Cc1ccnc2c1C(=O)CC(c1cccc(Cl)c1)C2. The average Bonchev–Trinajstić information content (AvgIpc) is 2.38. The van der Waals surface area contributed by atoms with Gasteiger partial charge in [0.05, 0.1) is 5.69 Å². The van der Waals surface area contributed by atoms with E-state index in [-0.39, 0.29) is 11.7 Å². The van der Waals surface area contributed by atoms with Gasteiger partial charge in [0, 0.05) is 23.2 Å². The molecule has 3 rings (SSSR count). The lowest BCUT2D eigenvalue weighted by Gasteiger charge is -2.24. The predicted octanol–water partition coefficient (Wildman–Crippen LogP) is 3.96. The fourth-order valence-electron chi connectivity index (χ4n) is 2.78. The number of nitrogens with zero attached hydrogens (tertiary/aromatic N) is 1. The van der Waals surface area contributed by atoms with Crippen molar-refractivity contribution in [3.05, 3.63) is 63.9 Å². The van der Waals surface area contributed by atoms with E-state index in [9.17, 15) is 4.79 Å². The van der Waals surface area contributed by atoms with Crippen LogP contribution in [0.2, 0.25) is 5.02 Å². The number of carbonyl (C=O) groups is 1. The molecule has 1 atom stereocenters. The molecule has 1 aliphatic rings. The Labute approximate surface area is 117 Å². The number of fused-ring (bicyclic) bond motifs is 1. The van der Waals surface area contributed by atoms with Gasteiger partial charge >= 0.3 is 0 Å². The molecule has 0 spiro atoms. The van der Waals surface area contributed by atoms with E-state index in [0.29, 0.717) is 11.4 Å². The van der Waals surface area contributed by atoms with E-state index in [4.69, 9.17) is 11.6 Å². The summed E-state index contributed by atoms with van der Waals surface area (Å²) in [4.78, 5) is 16.7. The molecule has 0 bridgehead atoms. The van der Waals surface area contributed by atoms with Crippen molar-refractivity contribution in [3.8, 4) is 0 Å². The van der Waals surface area contributed by atoms with Gasteiger partial charge in [0.1, 0.15) is 0 Å². The minimum atomic E-state index is 0.188. The summed E-state index contributed by atoms with van der Waals surface area (Å²) in [6.07, 6.45) is 3.13. The Morgan fingerprint density at radius 3 is 2.89 bits per heavy atom. The summed E-state index contributed by atoms with van der Waals surface area (Å²) in [7, 11) is 0. The number of aryl methyl sites for hydroxylation is 1. The van der Waals surface area contributed by atoms with E-state index in [1.54, 1.807) is 6.20 Å². The predicted molar refractivity (Wildman–Crippen MR) is 75.8 cm³/mol. The number of benzene rings is 1. The molecule has 3 heteroatoms. The smallest absolute Gasteiger partial charge is 0.165 e. The molecular formula is C16H14ClNO. The molecule has 1 aromatic heterocycles. The summed E-state index contributed by atoms with van der Waals surface area (Å²) in [6, 6.07) is 9.66. The van der Waals surface area contributed by atoms with Gasteiger partial charge in [-0.3, -0.25) is 9.78 Å². The van der Waals surface area contributed by atoms with Gasteiger partial charge in [0.25, 0.3) is 0 Å². The van der Waals surface area contributed by atoms with Crippen molar-refractivity contribution >= 4 is 17.4 Å². The normalized spacial score (nSPS) is 18.2. The highest BCUT2D eigenvalue weighted by Gasteiger charge is 2.28. The molecule has 0 saturated carbocycles. The molecule has 19 heavy (non-hydrogen) atoms. The first kappa shape index (κ1) is 12.4. The zero-order valence-corrected chi connectivity index (χ0v) is 11.4. The third kappa shape index (κ3) is 2.28. The molecule has 1 heterocycles. The number of aromatic nitrogens is 1. The topological polar surface area (TPSA) is 30.0 Å². The fraction of sp³-hybridized carbons (Fsp3) is 0.250. The van der Waals surface area contributed by atoms with Crippen LogP contribution < -0.4 is 0 Å². The molecule has 0 amide bonds. The van der Waals surface area contributed by atoms with Crippen LogP contribution in [-0.4, -0.2) is 10.8 Å². The number of hydrogen-bond donors (Lipinski definition) is 0. The minimum Gasteiger partial charge on any atom is -0.294 e. The molecule has 96 valence electrons. The van der Waals surface area contributed by atoms with Crippen LogP contribution in [-0.2, 0) is 6.42 Å². The van der Waals surface area contributed by atoms with Gasteiger partial charge in [-0.25, -0.2) is 0 Å². The van der Waals surface area contributed by atoms with Gasteiger partial charge < -0.3 is 0 Å². The summed E-state index contributed by atoms with van der Waals surface area (Å²) in [6.45, 7) is 1.97. The van der Waals surface area contributed by atoms with Crippen LogP contribution in [0.5, 0.6) is 0 Å². The second-order valence-electron chi connectivity index (χ2n) is 5.03. The van der Waals surface area contributed by atoms with Crippen LogP contribution in [0.4, 0.5) is 0 Å². The van der Waals surface area contributed by atoms with E-state index >= 15 is 0 Å². The summed E-state index contributed by atoms with van der Waals surface area (Å²) >= 11 is 6.03. The standard InChI is InChI=1S/C16H14ClNO/c1-10-5-6-18-14-8-12(9-15(19)16(10)14)11-3-2-4-13(17)7-11/h2-7,12H,8-9H2,1H3. The van der Waals surface area contributed by atoms with Crippen LogP contribution in [0.3, 0.4) is 0 Å². The highest BCUT2D eigenvalue weighted by Crippen LogP contribution is 2.33. The number of Topliss-reactive ketones (excluding diaryl/α,β-unsaturated/α-hetero) is 1. The summed E-state index contributed by atoms with van der Waals surface area (Å²) < 4.78 is 0. The van der Waals surface area contributed by atoms with Gasteiger partial charge in [-0.15, -0.1) is 0 Å². The van der Waals surface area contributed by atoms with Crippen molar-refractivity contribution in [2.75, 3.05) is 0 Å². The Morgan fingerprint density at radius 1 is 1.26 bits per heavy atom. The van der Waals surface area contributed by atoms with Crippen LogP contribution in [0, 0.1) is 6.92 Å². The Kier molecular flexibility index (Phi) is 3.11. The molecule has 0 fully saturated rings. The maximum Gasteiger partial charge on any atom is 0.165 e. The van der Waals surface area contributed by atoms with E-state index in [2.05, 4.69) is 4.98 Å². The zero-order chi connectivity index (χ0) is 13.4. The second-order valence-corrected chi connectivity index (χ2v) is 5.47. The number of hydrogen-bond acceptors (Lipinski definition) is 2. The number of carbonyl (C=O) groups excluding carboxylic acids is 1. The molecule has 0 saturated heterocycles. The molecule has 1 aliphatic carbocycles. The molecular weight excluding hydrogens is 258 g/mol. The third-order valence-electron chi connectivity index (χ3n) is 3.71. The second kappa shape index (κ2) is 4.78. The van der Waals surface area contributed by atoms with Crippen molar-refractivity contribution in [3.63, 3.8) is 0 Å². The first-order valence-electron chi connectivity index (χ1n) is 6.38. The molecule has 0 N–H and O–H groups in total. The molecule has 0 aliphatic heterocycles. The van der Waals surface area contributed by atoms with Crippen molar-refractivity contribution in [1.82, 2.24) is 4.98 Å². The Morgan fingerprint density at radius 2 is 2.11 bits per heavy atom. The highest BCUT2D eigenvalue weighted by molar-refractivity contribution is 6.30. The van der Waals surface area contributed by atoms with Gasteiger partial charge in [-0.1, -0.05) is 23.7 Å². The van der Waals surface area contributed by atoms with Crippen LogP contribution in [0.15, 0.2) is 36.5 Å². The van der Waals surface area contributed by atoms with Crippen molar-refractivity contribution < 1.29 is 4.79 Å². The van der Waals surface area contributed by atoms with E-state index in [1.807, 2.05) is 37.3 Å². The van der Waals surface area contributed by atoms with E-state index < -0.39 is 0 Å². The summed E-state index contributed by atoms with van der Waals surface area (Å²) in [5.74, 6) is 0.379.